The lowest BCUT2D eigenvalue weighted by atomic mass is 10.1. The molecule has 218 valence electrons. The van der Waals surface area contributed by atoms with Crippen LogP contribution in [0.4, 0.5) is 0 Å². The van der Waals surface area contributed by atoms with Gasteiger partial charge in [-0.25, -0.2) is 0 Å². The summed E-state index contributed by atoms with van der Waals surface area (Å²) in [5, 5.41) is 20.0. The molecule has 0 bridgehead atoms. The Bertz CT molecular complexity index is 410. The number of carboxylic acids is 2. The molecule has 0 rings (SSSR count). The predicted molar refractivity (Wildman–Crippen MR) is 150 cm³/mol. The first-order valence-corrected chi connectivity index (χ1v) is 15.2. The Morgan fingerprint density at radius 3 is 0.722 bits per heavy atom. The van der Waals surface area contributed by atoms with Crippen molar-refractivity contribution in [2.75, 3.05) is 52.4 Å². The van der Waals surface area contributed by atoms with Crippen molar-refractivity contribution in [2.45, 2.75) is 127 Å². The molecule has 0 amide bonds. The largest absolute Gasteiger partial charge is 0.549 e. The Labute approximate surface area is 225 Å². The summed E-state index contributed by atoms with van der Waals surface area (Å²) >= 11 is 0. The van der Waals surface area contributed by atoms with Crippen LogP contribution in [0.25, 0.3) is 0 Å². The van der Waals surface area contributed by atoms with Gasteiger partial charge in [0.25, 0.3) is 0 Å². The van der Waals surface area contributed by atoms with Crippen molar-refractivity contribution < 1.29 is 28.8 Å². The summed E-state index contributed by atoms with van der Waals surface area (Å²) in [4.78, 5) is 20.0. The monoisotopic (exact) mass is 516 g/mol. The van der Waals surface area contributed by atoms with E-state index in [-0.39, 0.29) is 6.42 Å². The van der Waals surface area contributed by atoms with Crippen molar-refractivity contribution in [3.05, 3.63) is 0 Å². The van der Waals surface area contributed by atoms with Gasteiger partial charge in [-0.1, -0.05) is 68.7 Å². The van der Waals surface area contributed by atoms with Gasteiger partial charge in [0.1, 0.15) is 0 Å². The van der Waals surface area contributed by atoms with Crippen LogP contribution >= 0.6 is 0 Å². The summed E-state index contributed by atoms with van der Waals surface area (Å²) in [7, 11) is 0. The highest BCUT2D eigenvalue weighted by molar-refractivity contribution is 5.90. The minimum atomic E-state index is -1.57. The zero-order chi connectivity index (χ0) is 28.5. The maximum Gasteiger partial charge on any atom is 0.0783 e. The predicted octanol–water partition coefficient (Wildman–Crippen LogP) is 4.79. The molecular formula is C30H64N2O4. The van der Waals surface area contributed by atoms with Gasteiger partial charge in [0.15, 0.2) is 0 Å². The topological polar surface area (TPSA) is 80.3 Å². The number of carbonyl (C=O) groups is 2. The third-order valence-electron chi connectivity index (χ3n) is 6.73. The number of quaternary nitrogens is 2. The minimum Gasteiger partial charge on any atom is -0.549 e. The fourth-order valence-corrected chi connectivity index (χ4v) is 5.76. The van der Waals surface area contributed by atoms with E-state index >= 15 is 0 Å². The molecule has 0 radical (unpaired) electrons. The second-order valence-corrected chi connectivity index (χ2v) is 10.5. The molecule has 0 fully saturated rings. The molecule has 36 heavy (non-hydrogen) atoms. The van der Waals surface area contributed by atoms with Crippen LogP contribution in [0.15, 0.2) is 0 Å². The molecule has 0 aromatic heterocycles. The van der Waals surface area contributed by atoms with Crippen LogP contribution in [0.2, 0.25) is 0 Å². The van der Waals surface area contributed by atoms with E-state index in [1.54, 1.807) is 6.92 Å². The standard InChI is InChI=1S/2C12H28N.C6H10O4/c2*1-5-9-13(10-6-2,11-7-3)12-8-4;1-2-3-4(5(7)8)6(9)10/h2*5-12H2,1-4H3;4H,2-3H2,1H3,(H,7,8)(H,9,10)/q2*+1;/p-2. The van der Waals surface area contributed by atoms with Gasteiger partial charge in [-0.15, -0.1) is 0 Å². The van der Waals surface area contributed by atoms with Gasteiger partial charge in [0.05, 0.1) is 64.3 Å². The van der Waals surface area contributed by atoms with E-state index < -0.39 is 17.9 Å². The van der Waals surface area contributed by atoms with Gasteiger partial charge < -0.3 is 28.8 Å². The van der Waals surface area contributed by atoms with E-state index in [9.17, 15) is 19.8 Å². The van der Waals surface area contributed by atoms with Crippen molar-refractivity contribution in [3.8, 4) is 0 Å². The molecule has 0 aromatic carbocycles. The second-order valence-electron chi connectivity index (χ2n) is 10.5. The third kappa shape index (κ3) is 19.0. The highest BCUT2D eigenvalue weighted by atomic mass is 16.4. The van der Waals surface area contributed by atoms with E-state index in [0.29, 0.717) is 6.42 Å². The van der Waals surface area contributed by atoms with Crippen molar-refractivity contribution in [3.63, 3.8) is 0 Å². The smallest absolute Gasteiger partial charge is 0.0783 e. The summed E-state index contributed by atoms with van der Waals surface area (Å²) in [5.74, 6) is -4.59. The van der Waals surface area contributed by atoms with Crippen LogP contribution in [-0.4, -0.2) is 73.3 Å². The van der Waals surface area contributed by atoms with Gasteiger partial charge in [-0.3, -0.25) is 0 Å². The first-order chi connectivity index (χ1) is 17.1. The maximum absolute atomic E-state index is 10.00. The average Bonchev–Trinajstić information content (AvgIpc) is 2.79. The Hall–Kier alpha value is -1.14. The van der Waals surface area contributed by atoms with Crippen LogP contribution in [0, 0.1) is 5.92 Å². The number of aliphatic carboxylic acids is 2. The van der Waals surface area contributed by atoms with Gasteiger partial charge in [-0.2, -0.15) is 0 Å². The van der Waals surface area contributed by atoms with Crippen LogP contribution < -0.4 is 10.2 Å². The summed E-state index contributed by atoms with van der Waals surface area (Å²) in [5.41, 5.74) is 0. The molecule has 0 atom stereocenters. The Morgan fingerprint density at radius 2 is 0.639 bits per heavy atom. The van der Waals surface area contributed by atoms with Crippen LogP contribution in [0.1, 0.15) is 127 Å². The molecule has 0 saturated heterocycles. The zero-order valence-electron chi connectivity index (χ0n) is 25.8. The van der Waals surface area contributed by atoms with Crippen molar-refractivity contribution >= 4 is 11.9 Å². The van der Waals surface area contributed by atoms with Gasteiger partial charge in [0.2, 0.25) is 0 Å². The number of hydrogen-bond donors (Lipinski definition) is 0. The highest BCUT2D eigenvalue weighted by Gasteiger charge is 2.23. The van der Waals surface area contributed by atoms with Gasteiger partial charge in [0, 0.05) is 5.92 Å². The summed E-state index contributed by atoms with van der Waals surface area (Å²) in [6, 6.07) is 0. The molecule has 0 unspecified atom stereocenters. The SMILES string of the molecule is CCCC(C(=O)[O-])C(=O)[O-].CCC[N+](CCC)(CCC)CCC.CCC[N+](CCC)(CCC)CCC. The molecule has 0 spiro atoms. The van der Waals surface area contributed by atoms with E-state index in [2.05, 4.69) is 55.4 Å². The van der Waals surface area contributed by atoms with Crippen LogP contribution in [0.3, 0.4) is 0 Å². The lowest BCUT2D eigenvalue weighted by molar-refractivity contribution is -0.928. The molecule has 0 N–H and O–H groups in total. The fraction of sp³-hybridized carbons (Fsp3) is 0.933. The Kier molecular flexibility index (Phi) is 27.9. The molecule has 6 nitrogen and oxygen atoms in total. The molecule has 0 aliphatic carbocycles. The Morgan fingerprint density at radius 1 is 0.444 bits per heavy atom. The first kappa shape index (κ1) is 39.4. The molecule has 6 heteroatoms. The fourth-order valence-electron chi connectivity index (χ4n) is 5.76. The van der Waals surface area contributed by atoms with Crippen molar-refractivity contribution in [1.82, 2.24) is 0 Å². The minimum absolute atomic E-state index is 0.0741. The zero-order valence-corrected chi connectivity index (χ0v) is 25.8. The van der Waals surface area contributed by atoms with Crippen molar-refractivity contribution in [1.29, 1.82) is 0 Å². The number of carbonyl (C=O) groups excluding carboxylic acids is 2. The summed E-state index contributed by atoms with van der Waals surface area (Å²) < 4.78 is 2.75. The molecule has 0 heterocycles. The number of hydrogen-bond acceptors (Lipinski definition) is 4. The average molecular weight is 517 g/mol. The lowest BCUT2D eigenvalue weighted by Gasteiger charge is -2.38. The third-order valence-corrected chi connectivity index (χ3v) is 6.73. The number of rotatable bonds is 20. The second kappa shape index (κ2) is 25.5. The van der Waals surface area contributed by atoms with Crippen LogP contribution in [0.5, 0.6) is 0 Å². The molecule has 0 aliphatic heterocycles. The van der Waals surface area contributed by atoms with Crippen LogP contribution in [-0.2, 0) is 9.59 Å². The quantitative estimate of drug-likeness (QED) is 0.172. The number of nitrogens with zero attached hydrogens (tertiary/aromatic N) is 2. The highest BCUT2D eigenvalue weighted by Crippen LogP contribution is 2.13. The molecule has 0 aromatic rings. The number of carboxylic acid groups (broad SMARTS) is 2. The van der Waals surface area contributed by atoms with E-state index in [1.165, 1.54) is 113 Å². The van der Waals surface area contributed by atoms with E-state index in [4.69, 9.17) is 0 Å². The van der Waals surface area contributed by atoms with E-state index in [1.807, 2.05) is 0 Å². The summed E-state index contributed by atoms with van der Waals surface area (Å²) in [6.45, 7) is 31.3. The lowest BCUT2D eigenvalue weighted by Crippen LogP contribution is -2.50. The first-order valence-electron chi connectivity index (χ1n) is 15.2. The Balaban J connectivity index is -0.000000459. The van der Waals surface area contributed by atoms with E-state index in [0.717, 1.165) is 0 Å². The van der Waals surface area contributed by atoms with Gasteiger partial charge in [-0.05, 0) is 57.8 Å². The normalized spacial score (nSPS) is 11.4. The van der Waals surface area contributed by atoms with Gasteiger partial charge >= 0.3 is 0 Å². The molecule has 0 aliphatic rings. The molecule has 0 saturated carbocycles. The van der Waals surface area contributed by atoms with Crippen molar-refractivity contribution in [2.24, 2.45) is 5.92 Å². The summed E-state index contributed by atoms with van der Waals surface area (Å²) in [6.07, 6.45) is 11.2. The molecular weight excluding hydrogens is 452 g/mol. The maximum atomic E-state index is 10.00.